The number of amides is 2. The molecular formula is C18H15Cl2N3O2. The summed E-state index contributed by atoms with van der Waals surface area (Å²) in [6.07, 6.45) is 2.11. The molecule has 0 saturated heterocycles. The monoisotopic (exact) mass is 375 g/mol. The summed E-state index contributed by atoms with van der Waals surface area (Å²) in [6.45, 7) is 1.92. The molecule has 0 aliphatic carbocycles. The van der Waals surface area contributed by atoms with E-state index in [1.165, 1.54) is 11.9 Å². The second-order valence-corrected chi connectivity index (χ2v) is 6.43. The van der Waals surface area contributed by atoms with Crippen LogP contribution in [0.15, 0.2) is 41.5 Å². The Morgan fingerprint density at radius 2 is 1.84 bits per heavy atom. The molecule has 0 saturated carbocycles. The van der Waals surface area contributed by atoms with E-state index in [0.29, 0.717) is 34.3 Å². The zero-order valence-electron chi connectivity index (χ0n) is 13.4. The number of rotatable bonds is 4. The molecule has 1 aliphatic rings. The summed E-state index contributed by atoms with van der Waals surface area (Å²) in [5.41, 5.74) is 2.89. The number of urea groups is 1. The van der Waals surface area contributed by atoms with E-state index in [1.807, 2.05) is 12.1 Å². The quantitative estimate of drug-likeness (QED) is 0.809. The van der Waals surface area contributed by atoms with E-state index in [2.05, 4.69) is 10.4 Å². The fraction of sp³-hybridized carbons (Fsp3) is 0.167. The van der Waals surface area contributed by atoms with Crippen LogP contribution in [0.4, 0.5) is 10.5 Å². The minimum atomic E-state index is -0.331. The number of ketones is 1. The summed E-state index contributed by atoms with van der Waals surface area (Å²) in [5.74, 6) is 0.0207. The van der Waals surface area contributed by atoms with Crippen LogP contribution in [0.2, 0.25) is 10.0 Å². The fourth-order valence-electron chi connectivity index (χ4n) is 2.51. The largest absolute Gasteiger partial charge is 0.342 e. The third-order valence-corrected chi connectivity index (χ3v) is 4.52. The standard InChI is InChI=1S/C18H15Cl2N3O2/c1-11(24)13-4-2-12(3-5-13)8-15-16(19)9-14(10-17(15)20)23-18(25)21-6-7-22-23/h2-5,7,9-10H,6,8H2,1H3,(H,21,25). The molecule has 0 radical (unpaired) electrons. The maximum Gasteiger partial charge on any atom is 0.342 e. The lowest BCUT2D eigenvalue weighted by atomic mass is 10.0. The van der Waals surface area contributed by atoms with E-state index in [1.54, 1.807) is 30.5 Å². The van der Waals surface area contributed by atoms with Gasteiger partial charge in [-0.3, -0.25) is 4.79 Å². The van der Waals surface area contributed by atoms with Gasteiger partial charge in [0.25, 0.3) is 0 Å². The van der Waals surface area contributed by atoms with E-state index >= 15 is 0 Å². The zero-order valence-corrected chi connectivity index (χ0v) is 14.9. The van der Waals surface area contributed by atoms with E-state index in [-0.39, 0.29) is 11.8 Å². The number of hydrazone groups is 1. The second-order valence-electron chi connectivity index (χ2n) is 5.61. The van der Waals surface area contributed by atoms with Crippen LogP contribution in [0, 0.1) is 0 Å². The van der Waals surface area contributed by atoms with Crippen LogP contribution < -0.4 is 10.3 Å². The minimum absolute atomic E-state index is 0.0207. The number of hydrogen-bond donors (Lipinski definition) is 1. The van der Waals surface area contributed by atoms with Gasteiger partial charge in [0.05, 0.1) is 12.2 Å². The van der Waals surface area contributed by atoms with Crippen LogP contribution in [0.5, 0.6) is 0 Å². The predicted octanol–water partition coefficient (Wildman–Crippen LogP) is 4.30. The van der Waals surface area contributed by atoms with E-state index < -0.39 is 0 Å². The molecule has 25 heavy (non-hydrogen) atoms. The summed E-state index contributed by atoms with van der Waals surface area (Å²) in [7, 11) is 0. The van der Waals surface area contributed by atoms with E-state index in [4.69, 9.17) is 23.2 Å². The molecule has 1 N–H and O–H groups in total. The molecule has 0 atom stereocenters. The molecule has 5 nitrogen and oxygen atoms in total. The van der Waals surface area contributed by atoms with E-state index in [0.717, 1.165) is 11.1 Å². The maximum atomic E-state index is 11.9. The van der Waals surface area contributed by atoms with E-state index in [9.17, 15) is 9.59 Å². The van der Waals surface area contributed by atoms with Gasteiger partial charge in [0, 0.05) is 28.2 Å². The molecule has 0 bridgehead atoms. The second kappa shape index (κ2) is 7.25. The van der Waals surface area contributed by atoms with Crippen molar-refractivity contribution in [2.24, 2.45) is 5.10 Å². The van der Waals surface area contributed by atoms with Gasteiger partial charge in [0.1, 0.15) is 0 Å². The Kier molecular flexibility index (Phi) is 5.06. The van der Waals surface area contributed by atoms with Gasteiger partial charge in [-0.15, -0.1) is 0 Å². The molecule has 128 valence electrons. The first-order chi connectivity index (χ1) is 12.0. The molecule has 0 spiro atoms. The third kappa shape index (κ3) is 3.83. The molecule has 2 aromatic rings. The summed E-state index contributed by atoms with van der Waals surface area (Å²) >= 11 is 12.8. The fourth-order valence-corrected chi connectivity index (χ4v) is 3.12. The first-order valence-corrected chi connectivity index (χ1v) is 8.39. The van der Waals surface area contributed by atoms with Crippen LogP contribution in [-0.2, 0) is 6.42 Å². The highest BCUT2D eigenvalue weighted by Crippen LogP contribution is 2.33. The van der Waals surface area contributed by atoms with Crippen molar-refractivity contribution < 1.29 is 9.59 Å². The molecule has 0 unspecified atom stereocenters. The maximum absolute atomic E-state index is 11.9. The Morgan fingerprint density at radius 3 is 2.40 bits per heavy atom. The van der Waals surface area contributed by atoms with Crippen LogP contribution >= 0.6 is 23.2 Å². The highest BCUT2D eigenvalue weighted by Gasteiger charge is 2.20. The summed E-state index contributed by atoms with van der Waals surface area (Å²) in [6, 6.07) is 10.3. The number of carbonyl (C=O) groups is 2. The lowest BCUT2D eigenvalue weighted by molar-refractivity contribution is 0.101. The number of nitrogens with zero attached hydrogens (tertiary/aromatic N) is 2. The van der Waals surface area contributed by atoms with Gasteiger partial charge in [0.15, 0.2) is 5.78 Å². The molecule has 0 aromatic heterocycles. The Labute approximate surface area is 155 Å². The van der Waals surface area contributed by atoms with Crippen LogP contribution in [0.1, 0.15) is 28.4 Å². The van der Waals surface area contributed by atoms with Crippen molar-refractivity contribution in [3.8, 4) is 0 Å². The molecule has 1 heterocycles. The van der Waals surface area contributed by atoms with Crippen molar-refractivity contribution in [3.05, 3.63) is 63.1 Å². The first kappa shape index (κ1) is 17.5. The summed E-state index contributed by atoms with van der Waals surface area (Å²) in [5, 5.41) is 8.83. The number of anilines is 1. The molecule has 2 aromatic carbocycles. The normalized spacial score (nSPS) is 13.7. The van der Waals surface area contributed by atoms with Gasteiger partial charge in [-0.05, 0) is 30.2 Å². The predicted molar refractivity (Wildman–Crippen MR) is 100 cm³/mol. The van der Waals surface area contributed by atoms with Crippen LogP contribution in [-0.4, -0.2) is 24.6 Å². The van der Waals surface area contributed by atoms with Crippen LogP contribution in [0.25, 0.3) is 0 Å². The number of benzene rings is 2. The number of carbonyl (C=O) groups excluding carboxylic acids is 2. The van der Waals surface area contributed by atoms with Crippen molar-refractivity contribution in [1.29, 1.82) is 0 Å². The minimum Gasteiger partial charge on any atom is -0.331 e. The smallest absolute Gasteiger partial charge is 0.331 e. The van der Waals surface area contributed by atoms with Crippen molar-refractivity contribution in [1.82, 2.24) is 5.32 Å². The molecule has 7 heteroatoms. The van der Waals surface area contributed by atoms with Crippen LogP contribution in [0.3, 0.4) is 0 Å². The highest BCUT2D eigenvalue weighted by atomic mass is 35.5. The van der Waals surface area contributed by atoms with Gasteiger partial charge in [0.2, 0.25) is 0 Å². The van der Waals surface area contributed by atoms with Crippen molar-refractivity contribution in [2.45, 2.75) is 13.3 Å². The Hall–Kier alpha value is -2.37. The summed E-state index contributed by atoms with van der Waals surface area (Å²) in [4.78, 5) is 23.2. The van der Waals surface area contributed by atoms with Gasteiger partial charge in [-0.2, -0.15) is 10.1 Å². The van der Waals surface area contributed by atoms with Gasteiger partial charge in [-0.25, -0.2) is 4.79 Å². The zero-order chi connectivity index (χ0) is 18.0. The number of halogens is 2. The Morgan fingerprint density at radius 1 is 1.20 bits per heavy atom. The molecule has 2 amide bonds. The average Bonchev–Trinajstić information content (AvgIpc) is 2.59. The van der Waals surface area contributed by atoms with Gasteiger partial charge < -0.3 is 5.32 Å². The molecule has 3 rings (SSSR count). The Bertz CT molecular complexity index is 840. The lowest BCUT2D eigenvalue weighted by Crippen LogP contribution is -2.41. The SMILES string of the molecule is CC(=O)c1ccc(Cc2c(Cl)cc(N3N=CCNC3=O)cc2Cl)cc1. The number of hydrogen-bond acceptors (Lipinski definition) is 3. The molecular weight excluding hydrogens is 361 g/mol. The summed E-state index contributed by atoms with van der Waals surface area (Å²) < 4.78 is 0. The van der Waals surface area contributed by atoms with Crippen molar-refractivity contribution >= 4 is 46.9 Å². The lowest BCUT2D eigenvalue weighted by Gasteiger charge is -2.22. The van der Waals surface area contributed by atoms with Crippen molar-refractivity contribution in [2.75, 3.05) is 11.6 Å². The average molecular weight is 376 g/mol. The van der Waals surface area contributed by atoms with Crippen molar-refractivity contribution in [3.63, 3.8) is 0 Å². The first-order valence-electron chi connectivity index (χ1n) is 7.64. The number of nitrogens with one attached hydrogen (secondary N) is 1. The highest BCUT2D eigenvalue weighted by molar-refractivity contribution is 6.36. The molecule has 0 fully saturated rings. The van der Waals surface area contributed by atoms with Gasteiger partial charge in [-0.1, -0.05) is 47.5 Å². The number of Topliss-reactive ketones (excluding diaryl/α,β-unsaturated/α-hetero) is 1. The Balaban J connectivity index is 1.87. The molecule has 1 aliphatic heterocycles. The topological polar surface area (TPSA) is 61.8 Å². The third-order valence-electron chi connectivity index (χ3n) is 3.85. The van der Waals surface area contributed by atoms with Gasteiger partial charge >= 0.3 is 6.03 Å².